The summed E-state index contributed by atoms with van der Waals surface area (Å²) in [6.45, 7) is 1.43. The summed E-state index contributed by atoms with van der Waals surface area (Å²) in [5, 5.41) is 3.10. The number of hydrogen-bond acceptors (Lipinski definition) is 2. The van der Waals surface area contributed by atoms with Gasteiger partial charge in [0.15, 0.2) is 0 Å². The van der Waals surface area contributed by atoms with E-state index >= 15 is 0 Å². The van der Waals surface area contributed by atoms with Crippen LogP contribution in [0.1, 0.15) is 18.5 Å². The van der Waals surface area contributed by atoms with Crippen molar-refractivity contribution in [2.24, 2.45) is 0 Å². The summed E-state index contributed by atoms with van der Waals surface area (Å²) in [5.74, 6) is 0.437. The molecule has 0 aliphatic carbocycles. The second kappa shape index (κ2) is 6.15. The predicted molar refractivity (Wildman–Crippen MR) is 63.1 cm³/mol. The van der Waals surface area contributed by atoms with E-state index in [1.54, 1.807) is 6.07 Å². The van der Waals surface area contributed by atoms with Crippen LogP contribution < -0.4 is 10.1 Å². The largest absolute Gasteiger partial charge is 0.486 e. The molecular formula is C11H14BrF2NO. The van der Waals surface area contributed by atoms with Crippen molar-refractivity contribution in [1.82, 2.24) is 5.32 Å². The van der Waals surface area contributed by atoms with Crippen molar-refractivity contribution in [3.05, 3.63) is 28.2 Å². The van der Waals surface area contributed by atoms with E-state index in [1.165, 1.54) is 0 Å². The van der Waals surface area contributed by atoms with Crippen LogP contribution in [0.4, 0.5) is 8.78 Å². The van der Waals surface area contributed by atoms with Crippen LogP contribution >= 0.6 is 15.9 Å². The Morgan fingerprint density at radius 1 is 1.44 bits per heavy atom. The van der Waals surface area contributed by atoms with E-state index < -0.39 is 13.0 Å². The first-order valence-corrected chi connectivity index (χ1v) is 5.71. The Morgan fingerprint density at radius 3 is 2.62 bits per heavy atom. The van der Waals surface area contributed by atoms with Crippen molar-refractivity contribution >= 4 is 15.9 Å². The summed E-state index contributed by atoms with van der Waals surface area (Å²) in [4.78, 5) is 0. The maximum atomic E-state index is 12.0. The van der Waals surface area contributed by atoms with Crippen molar-refractivity contribution in [1.29, 1.82) is 0 Å². The zero-order valence-corrected chi connectivity index (χ0v) is 10.7. The molecule has 0 aliphatic rings. The van der Waals surface area contributed by atoms with E-state index in [2.05, 4.69) is 21.2 Å². The molecule has 0 saturated carbocycles. The van der Waals surface area contributed by atoms with Crippen LogP contribution in [0.15, 0.2) is 22.7 Å². The Labute approximate surface area is 102 Å². The lowest BCUT2D eigenvalue weighted by molar-refractivity contribution is 0.0815. The first-order chi connectivity index (χ1) is 7.54. The van der Waals surface area contributed by atoms with Crippen LogP contribution in [0.2, 0.25) is 0 Å². The Kier molecular flexibility index (Phi) is 5.15. The fourth-order valence-corrected chi connectivity index (χ4v) is 1.73. The summed E-state index contributed by atoms with van der Waals surface area (Å²) in [6, 6.07) is 5.62. The van der Waals surface area contributed by atoms with E-state index in [4.69, 9.17) is 4.74 Å². The molecule has 0 aromatic heterocycles. The van der Waals surface area contributed by atoms with E-state index in [0.717, 1.165) is 5.56 Å². The maximum Gasteiger partial charge on any atom is 0.272 e. The van der Waals surface area contributed by atoms with E-state index in [1.807, 2.05) is 26.1 Å². The van der Waals surface area contributed by atoms with Crippen molar-refractivity contribution in [3.63, 3.8) is 0 Å². The molecule has 0 saturated heterocycles. The topological polar surface area (TPSA) is 21.3 Å². The number of benzene rings is 1. The average Bonchev–Trinajstić information content (AvgIpc) is 2.26. The van der Waals surface area contributed by atoms with Gasteiger partial charge in [-0.3, -0.25) is 0 Å². The minimum absolute atomic E-state index is 0.209. The Balaban J connectivity index is 2.75. The lowest BCUT2D eigenvalue weighted by Gasteiger charge is -2.13. The number of alkyl halides is 2. The van der Waals surface area contributed by atoms with Gasteiger partial charge in [-0.15, -0.1) is 0 Å². The van der Waals surface area contributed by atoms with Crippen LogP contribution in [0.25, 0.3) is 0 Å². The van der Waals surface area contributed by atoms with Gasteiger partial charge in [0.25, 0.3) is 6.43 Å². The Hall–Kier alpha value is -0.680. The first-order valence-electron chi connectivity index (χ1n) is 4.92. The molecule has 0 radical (unpaired) electrons. The molecule has 5 heteroatoms. The molecular weight excluding hydrogens is 280 g/mol. The van der Waals surface area contributed by atoms with Crippen molar-refractivity contribution in [3.8, 4) is 5.75 Å². The molecule has 1 atom stereocenters. The molecule has 16 heavy (non-hydrogen) atoms. The zero-order chi connectivity index (χ0) is 12.1. The molecule has 0 fully saturated rings. The number of nitrogens with one attached hydrogen (secondary N) is 1. The van der Waals surface area contributed by atoms with Crippen LogP contribution in [0.5, 0.6) is 5.75 Å². The molecule has 0 heterocycles. The highest BCUT2D eigenvalue weighted by Gasteiger charge is 2.09. The molecule has 0 amide bonds. The third kappa shape index (κ3) is 3.72. The third-order valence-electron chi connectivity index (χ3n) is 2.25. The second-order valence-corrected chi connectivity index (χ2v) is 4.26. The standard InChI is InChI=1S/C11H14BrF2NO/c1-7(15-2)8-3-4-10(9(12)5-8)16-6-11(13)14/h3-5,7,11,15H,6H2,1-2H3. The molecule has 90 valence electrons. The highest BCUT2D eigenvalue weighted by Crippen LogP contribution is 2.28. The van der Waals surface area contributed by atoms with Crippen LogP contribution in [0.3, 0.4) is 0 Å². The number of ether oxygens (including phenoxy) is 1. The van der Waals surface area contributed by atoms with Crippen molar-refractivity contribution in [2.75, 3.05) is 13.7 Å². The zero-order valence-electron chi connectivity index (χ0n) is 9.14. The molecule has 0 aliphatic heterocycles. The van der Waals surface area contributed by atoms with Gasteiger partial charge >= 0.3 is 0 Å². The van der Waals surface area contributed by atoms with Gasteiger partial charge in [-0.1, -0.05) is 6.07 Å². The lowest BCUT2D eigenvalue weighted by Crippen LogP contribution is -2.12. The molecule has 1 N–H and O–H groups in total. The van der Waals surface area contributed by atoms with E-state index in [-0.39, 0.29) is 6.04 Å². The first kappa shape index (κ1) is 13.4. The second-order valence-electron chi connectivity index (χ2n) is 3.40. The lowest BCUT2D eigenvalue weighted by atomic mass is 10.1. The Morgan fingerprint density at radius 2 is 2.12 bits per heavy atom. The number of halogens is 3. The van der Waals surface area contributed by atoms with Crippen LogP contribution in [-0.2, 0) is 0 Å². The fraction of sp³-hybridized carbons (Fsp3) is 0.455. The number of hydrogen-bond donors (Lipinski definition) is 1. The molecule has 1 aromatic rings. The van der Waals surface area contributed by atoms with Gasteiger partial charge in [-0.2, -0.15) is 0 Å². The predicted octanol–water partition coefficient (Wildman–Crippen LogP) is 3.37. The van der Waals surface area contributed by atoms with Crippen LogP contribution in [-0.4, -0.2) is 20.1 Å². The van der Waals surface area contributed by atoms with Gasteiger partial charge in [-0.05, 0) is 47.6 Å². The molecule has 1 unspecified atom stereocenters. The molecule has 2 nitrogen and oxygen atoms in total. The third-order valence-corrected chi connectivity index (χ3v) is 2.87. The quantitative estimate of drug-likeness (QED) is 0.899. The Bertz CT molecular complexity index is 347. The highest BCUT2D eigenvalue weighted by molar-refractivity contribution is 9.10. The molecule has 0 bridgehead atoms. The van der Waals surface area contributed by atoms with Gasteiger partial charge in [0.1, 0.15) is 12.4 Å². The average molecular weight is 294 g/mol. The van der Waals surface area contributed by atoms with Crippen molar-refractivity contribution in [2.45, 2.75) is 19.4 Å². The van der Waals surface area contributed by atoms with Gasteiger partial charge < -0.3 is 10.1 Å². The highest BCUT2D eigenvalue weighted by atomic mass is 79.9. The van der Waals surface area contributed by atoms with Crippen LogP contribution in [0, 0.1) is 0 Å². The summed E-state index contributed by atoms with van der Waals surface area (Å²) in [5.41, 5.74) is 1.07. The minimum atomic E-state index is -2.46. The smallest absolute Gasteiger partial charge is 0.272 e. The van der Waals surface area contributed by atoms with Gasteiger partial charge in [0.05, 0.1) is 4.47 Å². The summed E-state index contributed by atoms with van der Waals surface area (Å²) in [6.07, 6.45) is -2.46. The fourth-order valence-electron chi connectivity index (χ4n) is 1.22. The molecule has 1 rings (SSSR count). The van der Waals surface area contributed by atoms with E-state index in [0.29, 0.717) is 10.2 Å². The molecule has 0 spiro atoms. The SMILES string of the molecule is CNC(C)c1ccc(OCC(F)F)c(Br)c1. The maximum absolute atomic E-state index is 12.0. The summed E-state index contributed by atoms with van der Waals surface area (Å²) < 4.78 is 29.6. The van der Waals surface area contributed by atoms with Gasteiger partial charge in [0.2, 0.25) is 0 Å². The van der Waals surface area contributed by atoms with Gasteiger partial charge in [0, 0.05) is 6.04 Å². The number of rotatable bonds is 5. The van der Waals surface area contributed by atoms with Gasteiger partial charge in [-0.25, -0.2) is 8.78 Å². The summed E-state index contributed by atoms with van der Waals surface area (Å²) in [7, 11) is 1.86. The van der Waals surface area contributed by atoms with Crippen molar-refractivity contribution < 1.29 is 13.5 Å². The molecule has 1 aromatic carbocycles. The normalized spacial score (nSPS) is 12.9. The summed E-state index contributed by atoms with van der Waals surface area (Å²) >= 11 is 3.30. The monoisotopic (exact) mass is 293 g/mol. The van der Waals surface area contributed by atoms with E-state index in [9.17, 15) is 8.78 Å². The minimum Gasteiger partial charge on any atom is -0.486 e.